The molecule has 2 amide bonds. The van der Waals surface area contributed by atoms with Crippen LogP contribution in [0.4, 0.5) is 9.18 Å². The monoisotopic (exact) mass is 483 g/mol. The number of carbonyl (C=O) groups is 2. The molecule has 1 aliphatic heterocycles. The second kappa shape index (κ2) is 9.32. The number of piperazine rings is 1. The van der Waals surface area contributed by atoms with Crippen LogP contribution in [0.1, 0.15) is 36.7 Å². The van der Waals surface area contributed by atoms with Gasteiger partial charge in [-0.3, -0.25) is 19.1 Å². The number of amides is 2. The molecule has 184 valence electrons. The molecule has 3 heterocycles. The minimum Gasteiger partial charge on any atom is -0.444 e. The van der Waals surface area contributed by atoms with E-state index in [2.05, 4.69) is 9.97 Å². The van der Waals surface area contributed by atoms with Crippen molar-refractivity contribution in [1.29, 1.82) is 0 Å². The number of ether oxygens (including phenoxy) is 1. The average molecular weight is 484 g/mol. The van der Waals surface area contributed by atoms with Gasteiger partial charge in [0.25, 0.3) is 11.5 Å². The number of rotatable bonds is 3. The van der Waals surface area contributed by atoms with Crippen molar-refractivity contribution in [3.05, 3.63) is 74.3 Å². The largest absolute Gasteiger partial charge is 0.444 e. The highest BCUT2D eigenvalue weighted by Gasteiger charge is 2.29. The fraction of sp³-hybridized carbons (Fsp3) is 0.375. The molecule has 4 rings (SSSR count). The van der Waals surface area contributed by atoms with E-state index in [-0.39, 0.29) is 49.3 Å². The predicted molar refractivity (Wildman–Crippen MR) is 126 cm³/mol. The number of halogens is 1. The molecule has 0 atom stereocenters. The topological polar surface area (TPSA) is 118 Å². The summed E-state index contributed by atoms with van der Waals surface area (Å²) in [6.07, 6.45) is 1.01. The number of hydrogen-bond acceptors (Lipinski definition) is 6. The summed E-state index contributed by atoms with van der Waals surface area (Å²) in [7, 11) is 0. The Hall–Kier alpha value is -4.02. The summed E-state index contributed by atoms with van der Waals surface area (Å²) < 4.78 is 21.3. The Morgan fingerprint density at radius 2 is 1.77 bits per heavy atom. The number of pyridine rings is 1. The zero-order valence-corrected chi connectivity index (χ0v) is 19.7. The summed E-state index contributed by atoms with van der Waals surface area (Å²) >= 11 is 0. The normalized spacial score (nSPS) is 14.3. The number of nitrogens with zero attached hydrogens (tertiary/aromatic N) is 4. The van der Waals surface area contributed by atoms with Crippen LogP contribution in [0.15, 0.2) is 46.1 Å². The minimum atomic E-state index is -0.690. The van der Waals surface area contributed by atoms with E-state index in [1.807, 2.05) is 0 Å². The van der Waals surface area contributed by atoms with E-state index in [0.717, 1.165) is 0 Å². The molecule has 35 heavy (non-hydrogen) atoms. The second-order valence-electron chi connectivity index (χ2n) is 9.29. The number of aromatic amines is 1. The van der Waals surface area contributed by atoms with E-state index in [1.54, 1.807) is 32.9 Å². The Kier molecular flexibility index (Phi) is 6.42. The van der Waals surface area contributed by atoms with Crippen LogP contribution in [0.5, 0.6) is 0 Å². The van der Waals surface area contributed by atoms with Gasteiger partial charge < -0.3 is 14.5 Å². The van der Waals surface area contributed by atoms with Crippen LogP contribution in [0, 0.1) is 5.82 Å². The first-order chi connectivity index (χ1) is 16.5. The Balaban J connectivity index is 1.53. The Bertz CT molecular complexity index is 1400. The fourth-order valence-corrected chi connectivity index (χ4v) is 3.87. The quantitative estimate of drug-likeness (QED) is 0.609. The van der Waals surface area contributed by atoms with E-state index in [9.17, 15) is 23.6 Å². The lowest BCUT2D eigenvalue weighted by Crippen LogP contribution is -2.51. The van der Waals surface area contributed by atoms with E-state index in [1.165, 1.54) is 38.8 Å². The molecule has 1 aromatic carbocycles. The van der Waals surface area contributed by atoms with Crippen molar-refractivity contribution in [3.63, 3.8) is 0 Å². The third-order valence-corrected chi connectivity index (χ3v) is 5.57. The van der Waals surface area contributed by atoms with E-state index in [4.69, 9.17) is 4.74 Å². The molecule has 0 radical (unpaired) electrons. The average Bonchev–Trinajstić information content (AvgIpc) is 2.81. The molecule has 3 aromatic rings. The molecule has 0 spiro atoms. The lowest BCUT2D eigenvalue weighted by atomic mass is 10.1. The number of nitrogens with one attached hydrogen (secondary N) is 1. The van der Waals surface area contributed by atoms with Crippen LogP contribution in [0.3, 0.4) is 0 Å². The van der Waals surface area contributed by atoms with Crippen molar-refractivity contribution in [2.24, 2.45) is 0 Å². The molecule has 0 saturated carbocycles. The Morgan fingerprint density at radius 3 is 2.46 bits per heavy atom. The van der Waals surface area contributed by atoms with Gasteiger partial charge in [0, 0.05) is 32.4 Å². The van der Waals surface area contributed by atoms with Gasteiger partial charge in [-0.2, -0.15) is 0 Å². The van der Waals surface area contributed by atoms with Gasteiger partial charge in [-0.1, -0.05) is 6.07 Å². The zero-order chi connectivity index (χ0) is 25.3. The highest BCUT2D eigenvalue weighted by atomic mass is 19.1. The number of hydrogen-bond donors (Lipinski definition) is 1. The maximum absolute atomic E-state index is 14.6. The number of fused-ring (bicyclic) bond motifs is 1. The molecule has 0 aliphatic carbocycles. The first kappa shape index (κ1) is 24.1. The van der Waals surface area contributed by atoms with Crippen LogP contribution in [0.25, 0.3) is 11.0 Å². The molecule has 11 heteroatoms. The molecule has 1 fully saturated rings. The van der Waals surface area contributed by atoms with Crippen LogP contribution >= 0.6 is 0 Å². The molecular formula is C24H26FN5O5. The summed E-state index contributed by atoms with van der Waals surface area (Å²) in [6, 6.07) is 7.17. The third-order valence-electron chi connectivity index (χ3n) is 5.57. The minimum absolute atomic E-state index is 0.0177. The van der Waals surface area contributed by atoms with Gasteiger partial charge in [-0.05, 0) is 50.6 Å². The fourth-order valence-electron chi connectivity index (χ4n) is 3.87. The maximum atomic E-state index is 14.6. The molecule has 0 unspecified atom stereocenters. The van der Waals surface area contributed by atoms with Crippen molar-refractivity contribution in [2.75, 3.05) is 26.2 Å². The van der Waals surface area contributed by atoms with Crippen LogP contribution < -0.4 is 11.2 Å². The number of H-pyrrole nitrogens is 1. The van der Waals surface area contributed by atoms with Crippen molar-refractivity contribution in [2.45, 2.75) is 32.9 Å². The molecule has 0 bridgehead atoms. The van der Waals surface area contributed by atoms with Gasteiger partial charge in [-0.15, -0.1) is 0 Å². The molecule has 1 aliphatic rings. The molecule has 10 nitrogen and oxygen atoms in total. The Morgan fingerprint density at radius 1 is 1.09 bits per heavy atom. The van der Waals surface area contributed by atoms with E-state index in [0.29, 0.717) is 5.56 Å². The third kappa shape index (κ3) is 5.23. The van der Waals surface area contributed by atoms with Gasteiger partial charge in [0.1, 0.15) is 17.1 Å². The van der Waals surface area contributed by atoms with Gasteiger partial charge in [0.15, 0.2) is 0 Å². The van der Waals surface area contributed by atoms with E-state index >= 15 is 0 Å². The van der Waals surface area contributed by atoms with Crippen molar-refractivity contribution < 1.29 is 18.7 Å². The lowest BCUT2D eigenvalue weighted by molar-refractivity contribution is 0.0140. The van der Waals surface area contributed by atoms with Crippen molar-refractivity contribution >= 4 is 23.0 Å². The highest BCUT2D eigenvalue weighted by molar-refractivity contribution is 5.95. The molecule has 1 N–H and O–H groups in total. The molecular weight excluding hydrogens is 457 g/mol. The number of carbonyl (C=O) groups excluding carboxylic acids is 2. The van der Waals surface area contributed by atoms with Gasteiger partial charge >= 0.3 is 11.8 Å². The first-order valence-corrected chi connectivity index (χ1v) is 11.2. The summed E-state index contributed by atoms with van der Waals surface area (Å²) in [5.74, 6) is -1.20. The van der Waals surface area contributed by atoms with Crippen molar-refractivity contribution in [3.8, 4) is 0 Å². The summed E-state index contributed by atoms with van der Waals surface area (Å²) in [6.45, 7) is 6.32. The second-order valence-corrected chi connectivity index (χ2v) is 9.29. The summed E-state index contributed by atoms with van der Waals surface area (Å²) in [5, 5.41) is 0.244. The highest BCUT2D eigenvalue weighted by Crippen LogP contribution is 2.18. The standard InChI is InChI=1S/C24H26FN5O5/c1-24(2,3)35-23(34)29-11-9-28(10-12-29)21(32)17-13-15(6-7-18(17)25)14-30-19-16(5-4-8-26-19)20(31)27-22(30)33/h4-8,13H,9-12,14H2,1-3H3,(H,27,31,33). The van der Waals surface area contributed by atoms with Gasteiger partial charge in [0.05, 0.1) is 17.5 Å². The maximum Gasteiger partial charge on any atom is 0.410 e. The van der Waals surface area contributed by atoms with Crippen molar-refractivity contribution in [1.82, 2.24) is 24.3 Å². The SMILES string of the molecule is CC(C)(C)OC(=O)N1CCN(C(=O)c2cc(Cn3c(=O)[nH]c(=O)c4cccnc43)ccc2F)CC1. The Labute approximate surface area is 199 Å². The first-order valence-electron chi connectivity index (χ1n) is 11.2. The molecule has 1 saturated heterocycles. The number of benzene rings is 1. The summed E-state index contributed by atoms with van der Waals surface area (Å²) in [5.41, 5.74) is -1.28. The van der Waals surface area contributed by atoms with Crippen LogP contribution in [-0.2, 0) is 11.3 Å². The van der Waals surface area contributed by atoms with Crippen LogP contribution in [-0.4, -0.2) is 68.1 Å². The summed E-state index contributed by atoms with van der Waals surface area (Å²) in [4.78, 5) is 59.2. The van der Waals surface area contributed by atoms with Crippen LogP contribution in [0.2, 0.25) is 0 Å². The van der Waals surface area contributed by atoms with Gasteiger partial charge in [-0.25, -0.2) is 19.0 Å². The lowest BCUT2D eigenvalue weighted by Gasteiger charge is -2.35. The number of aromatic nitrogens is 3. The van der Waals surface area contributed by atoms with E-state index < -0.39 is 34.7 Å². The predicted octanol–water partition coefficient (Wildman–Crippen LogP) is 1.97. The van der Waals surface area contributed by atoms with Gasteiger partial charge in [0.2, 0.25) is 0 Å². The zero-order valence-electron chi connectivity index (χ0n) is 19.7. The molecule has 2 aromatic heterocycles. The smallest absolute Gasteiger partial charge is 0.410 e.